The number of Topliss-reactive ketones (excluding diaryl/α,β-unsaturated/α-hetero) is 1. The smallest absolute Gasteiger partial charge is 0.287 e. The van der Waals surface area contributed by atoms with Gasteiger partial charge in [0.1, 0.15) is 5.58 Å². The van der Waals surface area contributed by atoms with Crippen LogP contribution in [0.15, 0.2) is 34.7 Å². The van der Waals surface area contributed by atoms with E-state index in [4.69, 9.17) is 10.2 Å². The molecule has 1 aromatic carbocycles. The summed E-state index contributed by atoms with van der Waals surface area (Å²) in [7, 11) is 0. The van der Waals surface area contributed by atoms with Crippen LogP contribution in [0.3, 0.4) is 0 Å². The molecule has 6 heteroatoms. The molecule has 1 heterocycles. The predicted octanol–water partition coefficient (Wildman–Crippen LogP) is 1.42. The summed E-state index contributed by atoms with van der Waals surface area (Å²) in [4.78, 5) is 24.2. The number of aliphatic hydroxyl groups excluding tert-OH is 1. The van der Waals surface area contributed by atoms with E-state index < -0.39 is 24.0 Å². The number of furan rings is 1. The van der Waals surface area contributed by atoms with Crippen LogP contribution >= 0.6 is 0 Å². The van der Waals surface area contributed by atoms with Gasteiger partial charge < -0.3 is 14.8 Å². The molecule has 2 aromatic rings. The van der Waals surface area contributed by atoms with E-state index in [0.717, 1.165) is 5.39 Å². The average Bonchev–Trinajstić information content (AvgIpc) is 2.89. The van der Waals surface area contributed by atoms with Crippen LogP contribution in [0, 0.1) is 5.92 Å². The fourth-order valence-corrected chi connectivity index (χ4v) is 2.25. The molecule has 0 aliphatic carbocycles. The highest BCUT2D eigenvalue weighted by atomic mass is 16.3. The van der Waals surface area contributed by atoms with E-state index in [1.54, 1.807) is 12.1 Å². The number of rotatable bonds is 6. The number of nitrogens with one attached hydrogen (secondary N) is 1. The molecule has 0 aliphatic rings. The number of aliphatic hydroxyl groups is 1. The minimum Gasteiger partial charge on any atom is -0.451 e. The molecule has 4 N–H and O–H groups in total. The Labute approximate surface area is 128 Å². The Morgan fingerprint density at radius 1 is 1.32 bits per heavy atom. The number of nitrogens with two attached hydrogens (primary N) is 1. The minimum atomic E-state index is -1.61. The van der Waals surface area contributed by atoms with E-state index in [1.807, 2.05) is 32.0 Å². The van der Waals surface area contributed by atoms with Crippen molar-refractivity contribution in [2.45, 2.75) is 32.5 Å². The first-order valence-corrected chi connectivity index (χ1v) is 7.15. The molecule has 0 saturated carbocycles. The van der Waals surface area contributed by atoms with Crippen molar-refractivity contribution in [3.8, 4) is 0 Å². The number of para-hydroxylation sites is 1. The first kappa shape index (κ1) is 16.2. The fourth-order valence-electron chi connectivity index (χ4n) is 2.25. The Balaban J connectivity index is 2.17. The van der Waals surface area contributed by atoms with Gasteiger partial charge in [-0.3, -0.25) is 15.3 Å². The lowest BCUT2D eigenvalue weighted by molar-refractivity contribution is -0.129. The normalized spacial score (nSPS) is 14.0. The highest BCUT2D eigenvalue weighted by Gasteiger charge is 2.27. The van der Waals surface area contributed by atoms with Crippen molar-refractivity contribution in [3.63, 3.8) is 0 Å². The molecule has 1 amide bonds. The number of fused-ring (bicyclic) bond motifs is 1. The van der Waals surface area contributed by atoms with E-state index in [0.29, 0.717) is 12.0 Å². The number of hydrogen-bond acceptors (Lipinski definition) is 5. The number of hydrogen-bond donors (Lipinski definition) is 3. The molecule has 118 valence electrons. The summed E-state index contributed by atoms with van der Waals surface area (Å²) >= 11 is 0. The van der Waals surface area contributed by atoms with Gasteiger partial charge in [-0.2, -0.15) is 0 Å². The zero-order valence-corrected chi connectivity index (χ0v) is 12.6. The monoisotopic (exact) mass is 304 g/mol. The van der Waals surface area contributed by atoms with Crippen molar-refractivity contribution in [1.29, 1.82) is 0 Å². The lowest BCUT2D eigenvalue weighted by Crippen LogP contribution is -2.48. The van der Waals surface area contributed by atoms with Crippen LogP contribution < -0.4 is 11.1 Å². The van der Waals surface area contributed by atoms with Crippen molar-refractivity contribution < 1.29 is 19.1 Å². The van der Waals surface area contributed by atoms with Crippen molar-refractivity contribution >= 4 is 22.7 Å². The lowest BCUT2D eigenvalue weighted by atomic mass is 9.99. The average molecular weight is 304 g/mol. The lowest BCUT2D eigenvalue weighted by Gasteiger charge is -2.20. The van der Waals surface area contributed by atoms with Gasteiger partial charge in [-0.05, 0) is 24.5 Å². The summed E-state index contributed by atoms with van der Waals surface area (Å²) in [6, 6.07) is 8.00. The molecule has 0 spiro atoms. The van der Waals surface area contributed by atoms with Crippen molar-refractivity contribution in [2.75, 3.05) is 0 Å². The SMILES string of the molecule is CC(C)C[C@H](NC(=O)c1cc2ccccc2o1)C(=O)C(N)O. The van der Waals surface area contributed by atoms with Crippen LogP contribution in [-0.4, -0.2) is 29.1 Å². The first-order valence-electron chi connectivity index (χ1n) is 7.15. The third-order valence-corrected chi connectivity index (χ3v) is 3.30. The van der Waals surface area contributed by atoms with Crippen LogP contribution in [0.4, 0.5) is 0 Å². The number of benzene rings is 1. The zero-order chi connectivity index (χ0) is 16.3. The van der Waals surface area contributed by atoms with E-state index in [-0.39, 0.29) is 11.7 Å². The standard InChI is InChI=1S/C16H20N2O4/c1-9(2)7-11(14(19)15(17)20)18-16(21)13-8-10-5-3-4-6-12(10)22-13/h3-6,8-9,11,15,20H,7,17H2,1-2H3,(H,18,21)/t11-,15?/m0/s1. The highest BCUT2D eigenvalue weighted by Crippen LogP contribution is 2.19. The van der Waals surface area contributed by atoms with Crippen LogP contribution in [0.5, 0.6) is 0 Å². The number of ketones is 1. The second-order valence-electron chi connectivity index (χ2n) is 5.65. The molecule has 22 heavy (non-hydrogen) atoms. The third kappa shape index (κ3) is 3.72. The number of carbonyl (C=O) groups is 2. The van der Waals surface area contributed by atoms with Gasteiger partial charge in [0.2, 0.25) is 0 Å². The summed E-state index contributed by atoms with van der Waals surface area (Å²) in [6.45, 7) is 3.83. The molecule has 1 unspecified atom stereocenters. The highest BCUT2D eigenvalue weighted by molar-refractivity contribution is 5.99. The first-order chi connectivity index (χ1) is 10.4. The Morgan fingerprint density at radius 3 is 2.59 bits per heavy atom. The van der Waals surface area contributed by atoms with Crippen molar-refractivity contribution in [1.82, 2.24) is 5.32 Å². The molecule has 0 radical (unpaired) electrons. The van der Waals surface area contributed by atoms with Gasteiger partial charge in [-0.15, -0.1) is 0 Å². The molecule has 0 aliphatic heterocycles. The summed E-state index contributed by atoms with van der Waals surface area (Å²) in [5.41, 5.74) is 5.82. The second kappa shape index (κ2) is 6.72. The summed E-state index contributed by atoms with van der Waals surface area (Å²) < 4.78 is 5.46. The van der Waals surface area contributed by atoms with E-state index >= 15 is 0 Å². The van der Waals surface area contributed by atoms with Crippen LogP contribution in [-0.2, 0) is 4.79 Å². The maximum Gasteiger partial charge on any atom is 0.287 e. The Hall–Kier alpha value is -2.18. The van der Waals surface area contributed by atoms with Gasteiger partial charge in [0.25, 0.3) is 5.91 Å². The molecule has 0 fully saturated rings. The fraction of sp³-hybridized carbons (Fsp3) is 0.375. The quantitative estimate of drug-likeness (QED) is 0.700. The summed E-state index contributed by atoms with van der Waals surface area (Å²) in [5, 5.41) is 12.6. The molecule has 0 saturated heterocycles. The van der Waals surface area contributed by atoms with Gasteiger partial charge in [0.15, 0.2) is 17.8 Å². The summed E-state index contributed by atoms with van der Waals surface area (Å²) in [6.07, 6.45) is -1.22. The zero-order valence-electron chi connectivity index (χ0n) is 12.6. The molecular formula is C16H20N2O4. The van der Waals surface area contributed by atoms with E-state index in [2.05, 4.69) is 5.32 Å². The molecule has 2 atom stereocenters. The number of carbonyl (C=O) groups excluding carboxylic acids is 2. The second-order valence-corrected chi connectivity index (χ2v) is 5.65. The van der Waals surface area contributed by atoms with Gasteiger partial charge in [0, 0.05) is 5.39 Å². The van der Waals surface area contributed by atoms with Gasteiger partial charge in [-0.1, -0.05) is 32.0 Å². The Kier molecular flexibility index (Phi) is 4.95. The largest absolute Gasteiger partial charge is 0.451 e. The molecule has 6 nitrogen and oxygen atoms in total. The third-order valence-electron chi connectivity index (χ3n) is 3.30. The van der Waals surface area contributed by atoms with Crippen LogP contribution in [0.1, 0.15) is 30.8 Å². The minimum absolute atomic E-state index is 0.120. The predicted molar refractivity (Wildman–Crippen MR) is 82.1 cm³/mol. The maximum absolute atomic E-state index is 12.3. The molecular weight excluding hydrogens is 284 g/mol. The molecule has 0 bridgehead atoms. The molecule has 1 aromatic heterocycles. The Bertz CT molecular complexity index is 643. The number of amides is 1. The topological polar surface area (TPSA) is 106 Å². The van der Waals surface area contributed by atoms with Crippen LogP contribution in [0.2, 0.25) is 0 Å². The van der Waals surface area contributed by atoms with Gasteiger partial charge in [-0.25, -0.2) is 0 Å². The maximum atomic E-state index is 12.3. The van der Waals surface area contributed by atoms with Crippen molar-refractivity contribution in [3.05, 3.63) is 36.1 Å². The van der Waals surface area contributed by atoms with E-state index in [9.17, 15) is 14.7 Å². The Morgan fingerprint density at radius 2 is 2.00 bits per heavy atom. The van der Waals surface area contributed by atoms with Gasteiger partial charge in [0.05, 0.1) is 6.04 Å². The van der Waals surface area contributed by atoms with Crippen molar-refractivity contribution in [2.24, 2.45) is 11.7 Å². The van der Waals surface area contributed by atoms with Crippen LogP contribution in [0.25, 0.3) is 11.0 Å². The summed E-state index contributed by atoms with van der Waals surface area (Å²) in [5.74, 6) is -0.841. The van der Waals surface area contributed by atoms with Gasteiger partial charge >= 0.3 is 0 Å². The molecule has 2 rings (SSSR count). The van der Waals surface area contributed by atoms with E-state index in [1.165, 1.54) is 0 Å².